The average molecular weight is 449 g/mol. The van der Waals surface area contributed by atoms with Gasteiger partial charge in [0.1, 0.15) is 0 Å². The van der Waals surface area contributed by atoms with Crippen molar-refractivity contribution in [2.75, 3.05) is 51.3 Å². The van der Waals surface area contributed by atoms with Crippen molar-refractivity contribution in [1.29, 1.82) is 0 Å². The fourth-order valence-corrected chi connectivity index (χ4v) is 5.26. The van der Waals surface area contributed by atoms with E-state index in [-0.39, 0.29) is 11.3 Å². The summed E-state index contributed by atoms with van der Waals surface area (Å²) < 4.78 is 5.41. The summed E-state index contributed by atoms with van der Waals surface area (Å²) in [6.45, 7) is 13.8. The lowest BCUT2D eigenvalue weighted by Crippen LogP contribution is -2.35. The third-order valence-electron chi connectivity index (χ3n) is 7.51. The zero-order chi connectivity index (χ0) is 23.0. The Balaban J connectivity index is 1.07. The first-order valence-electron chi connectivity index (χ1n) is 12.3. The molecule has 5 rings (SSSR count). The van der Waals surface area contributed by atoms with Gasteiger partial charge in [0.15, 0.2) is 0 Å². The van der Waals surface area contributed by atoms with E-state index in [0.29, 0.717) is 17.8 Å². The molecule has 6 nitrogen and oxygen atoms in total. The van der Waals surface area contributed by atoms with Crippen molar-refractivity contribution in [3.63, 3.8) is 0 Å². The van der Waals surface area contributed by atoms with Gasteiger partial charge in [-0.3, -0.25) is 14.7 Å². The zero-order valence-electron chi connectivity index (χ0n) is 20.1. The van der Waals surface area contributed by atoms with Gasteiger partial charge in [0.25, 0.3) is 5.91 Å². The maximum absolute atomic E-state index is 12.9. The number of fused-ring (bicyclic) bond motifs is 1. The van der Waals surface area contributed by atoms with Crippen molar-refractivity contribution in [3.05, 3.63) is 59.4 Å². The van der Waals surface area contributed by atoms with Gasteiger partial charge in [-0.15, -0.1) is 0 Å². The summed E-state index contributed by atoms with van der Waals surface area (Å²) in [5.74, 6) is 2.09. The molecule has 1 aliphatic carbocycles. The molecule has 1 aromatic carbocycles. The van der Waals surface area contributed by atoms with Crippen molar-refractivity contribution in [2.24, 2.45) is 17.8 Å². The molecule has 1 N–H and O–H groups in total. The zero-order valence-corrected chi connectivity index (χ0v) is 20.1. The maximum Gasteiger partial charge on any atom is 0.253 e. The van der Waals surface area contributed by atoms with Crippen LogP contribution >= 0.6 is 0 Å². The summed E-state index contributed by atoms with van der Waals surface area (Å²) >= 11 is 0. The molecule has 176 valence electrons. The first-order chi connectivity index (χ1) is 15.9. The van der Waals surface area contributed by atoms with E-state index in [1.54, 1.807) is 0 Å². The second-order valence-electron chi connectivity index (χ2n) is 10.8. The number of anilines is 1. The molecule has 0 bridgehead atoms. The monoisotopic (exact) mass is 448 g/mol. The van der Waals surface area contributed by atoms with Crippen molar-refractivity contribution in [1.82, 2.24) is 14.8 Å². The summed E-state index contributed by atoms with van der Waals surface area (Å²) in [4.78, 5) is 22.0. The number of piperidine rings is 1. The third kappa shape index (κ3) is 5.07. The van der Waals surface area contributed by atoms with E-state index in [4.69, 9.17) is 4.74 Å². The predicted molar refractivity (Wildman–Crippen MR) is 130 cm³/mol. The number of hydrogen-bond acceptors (Lipinski definition) is 5. The average Bonchev–Trinajstić information content (AvgIpc) is 3.26. The number of amides is 1. The van der Waals surface area contributed by atoms with Crippen molar-refractivity contribution < 1.29 is 9.53 Å². The molecule has 33 heavy (non-hydrogen) atoms. The van der Waals surface area contributed by atoms with Gasteiger partial charge in [0.05, 0.1) is 30.8 Å². The van der Waals surface area contributed by atoms with Crippen LogP contribution in [0, 0.1) is 17.8 Å². The first-order valence-corrected chi connectivity index (χ1v) is 12.3. The van der Waals surface area contributed by atoms with Gasteiger partial charge in [0.2, 0.25) is 0 Å². The summed E-state index contributed by atoms with van der Waals surface area (Å²) in [6, 6.07) is 12.4. The minimum atomic E-state index is 0.107. The van der Waals surface area contributed by atoms with Crippen LogP contribution in [0.5, 0.6) is 0 Å². The number of ether oxygens (including phenoxy) is 1. The van der Waals surface area contributed by atoms with Crippen LogP contribution in [0.15, 0.2) is 42.6 Å². The third-order valence-corrected chi connectivity index (χ3v) is 7.51. The number of nitrogens with one attached hydrogen (secondary N) is 1. The molecule has 2 aromatic rings. The fraction of sp³-hybridized carbons (Fsp3) is 0.556. The molecule has 2 saturated heterocycles. The number of rotatable bonds is 6. The summed E-state index contributed by atoms with van der Waals surface area (Å²) in [6.07, 6.45) is 1.95. The smallest absolute Gasteiger partial charge is 0.253 e. The van der Waals surface area contributed by atoms with Crippen LogP contribution in [0.25, 0.3) is 0 Å². The van der Waals surface area contributed by atoms with Crippen molar-refractivity contribution >= 4 is 11.6 Å². The number of hydrogen-bond donors (Lipinski definition) is 1. The highest BCUT2D eigenvalue weighted by Gasteiger charge is 2.56. The topological polar surface area (TPSA) is 57.7 Å². The molecule has 1 saturated carbocycles. The number of likely N-dealkylation sites (tertiary alicyclic amines) is 1. The molecule has 1 amide bonds. The Hall–Kier alpha value is -2.44. The van der Waals surface area contributed by atoms with Crippen molar-refractivity contribution in [3.8, 4) is 0 Å². The Morgan fingerprint density at radius 1 is 1.06 bits per heavy atom. The lowest BCUT2D eigenvalue weighted by atomic mass is 9.86. The molecule has 2 aliphatic heterocycles. The van der Waals surface area contributed by atoms with E-state index in [0.717, 1.165) is 69.4 Å². The summed E-state index contributed by atoms with van der Waals surface area (Å²) in [5.41, 5.74) is 4.36. The summed E-state index contributed by atoms with van der Waals surface area (Å²) in [7, 11) is 0. The Labute approximate surface area is 197 Å². The highest BCUT2D eigenvalue weighted by atomic mass is 16.5. The largest absolute Gasteiger partial charge is 0.383 e. The molecule has 2 atom stereocenters. The van der Waals surface area contributed by atoms with E-state index < -0.39 is 0 Å². The van der Waals surface area contributed by atoms with E-state index in [9.17, 15) is 4.79 Å². The van der Waals surface area contributed by atoms with Crippen LogP contribution in [-0.4, -0.2) is 66.6 Å². The molecule has 3 fully saturated rings. The van der Waals surface area contributed by atoms with Crippen LogP contribution in [0.3, 0.4) is 0 Å². The Bertz CT molecular complexity index is 949. The Morgan fingerprint density at radius 3 is 2.36 bits per heavy atom. The van der Waals surface area contributed by atoms with E-state index in [1.807, 2.05) is 23.2 Å². The van der Waals surface area contributed by atoms with Gasteiger partial charge < -0.3 is 15.0 Å². The van der Waals surface area contributed by atoms with E-state index in [2.05, 4.69) is 60.2 Å². The molecule has 2 unspecified atom stereocenters. The number of aromatic nitrogens is 1. The standard InChI is InChI=1S/C27H36N4O2/c1-27(2,3)20-6-4-19(5-7-20)26(32)31-17-24-23(25(24)18-31)15-29-21-8-9-22(28-14-21)16-30-10-12-33-13-11-30/h4-9,14,23-25,29H,10-13,15-18H2,1-3H3. The molecule has 1 aromatic heterocycles. The van der Waals surface area contributed by atoms with Gasteiger partial charge in [0, 0.05) is 44.8 Å². The van der Waals surface area contributed by atoms with Gasteiger partial charge >= 0.3 is 0 Å². The van der Waals surface area contributed by atoms with Crippen LogP contribution in [0.1, 0.15) is 42.4 Å². The predicted octanol–water partition coefficient (Wildman–Crippen LogP) is 3.64. The quantitative estimate of drug-likeness (QED) is 0.731. The normalized spacial score (nSPS) is 25.1. The molecule has 3 heterocycles. The Kier molecular flexibility index (Phi) is 6.14. The Morgan fingerprint density at radius 2 is 1.76 bits per heavy atom. The molecular weight excluding hydrogens is 412 g/mol. The van der Waals surface area contributed by atoms with Gasteiger partial charge in [-0.25, -0.2) is 0 Å². The lowest BCUT2D eigenvalue weighted by molar-refractivity contribution is 0.0336. The van der Waals surface area contributed by atoms with Crippen LogP contribution < -0.4 is 5.32 Å². The van der Waals surface area contributed by atoms with Gasteiger partial charge in [-0.2, -0.15) is 0 Å². The minimum Gasteiger partial charge on any atom is -0.383 e. The van der Waals surface area contributed by atoms with Crippen molar-refractivity contribution in [2.45, 2.75) is 32.7 Å². The SMILES string of the molecule is CC(C)(C)c1ccc(C(=O)N2CC3C(CNc4ccc(CN5CCOCC5)nc4)C3C2)cc1. The molecule has 0 spiro atoms. The second kappa shape index (κ2) is 9.07. The van der Waals surface area contributed by atoms with Crippen LogP contribution in [0.2, 0.25) is 0 Å². The minimum absolute atomic E-state index is 0.107. The van der Waals surface area contributed by atoms with E-state index in [1.165, 1.54) is 5.56 Å². The number of morpholine rings is 1. The molecule has 0 radical (unpaired) electrons. The highest BCUT2D eigenvalue weighted by molar-refractivity contribution is 5.94. The second-order valence-corrected chi connectivity index (χ2v) is 10.8. The van der Waals surface area contributed by atoms with Crippen LogP contribution in [-0.2, 0) is 16.7 Å². The number of nitrogens with zero attached hydrogens (tertiary/aromatic N) is 3. The van der Waals surface area contributed by atoms with Crippen LogP contribution in [0.4, 0.5) is 5.69 Å². The number of carbonyl (C=O) groups excluding carboxylic acids is 1. The molecule has 6 heteroatoms. The van der Waals surface area contributed by atoms with E-state index >= 15 is 0 Å². The fourth-order valence-electron chi connectivity index (χ4n) is 5.26. The maximum atomic E-state index is 12.9. The number of pyridine rings is 1. The molecule has 3 aliphatic rings. The highest BCUT2D eigenvalue weighted by Crippen LogP contribution is 2.51. The molecular formula is C27H36N4O2. The first kappa shape index (κ1) is 22.4. The lowest BCUT2D eigenvalue weighted by Gasteiger charge is -2.26. The van der Waals surface area contributed by atoms with Gasteiger partial charge in [-0.05, 0) is 53.0 Å². The number of carbonyl (C=O) groups is 1. The number of benzene rings is 1. The summed E-state index contributed by atoms with van der Waals surface area (Å²) in [5, 5.41) is 3.56. The van der Waals surface area contributed by atoms with Gasteiger partial charge in [-0.1, -0.05) is 32.9 Å².